The van der Waals surface area contributed by atoms with Crippen molar-refractivity contribution in [2.24, 2.45) is 7.05 Å². The van der Waals surface area contributed by atoms with E-state index >= 15 is 0 Å². The Kier molecular flexibility index (Phi) is 4.37. The van der Waals surface area contributed by atoms with Gasteiger partial charge >= 0.3 is 6.18 Å². The SMILES string of the molecule is Cc1nn(C)cc1CNC(C)c1ccc(C(F)(F)F)cc1. The predicted octanol–water partition coefficient (Wildman–Crippen LogP) is 3.60. The molecule has 2 aromatic rings. The molecule has 114 valence electrons. The van der Waals surface area contributed by atoms with Crippen LogP contribution in [0.5, 0.6) is 0 Å². The molecule has 0 saturated heterocycles. The fourth-order valence-corrected chi connectivity index (χ4v) is 2.16. The van der Waals surface area contributed by atoms with Crippen molar-refractivity contribution >= 4 is 0 Å². The van der Waals surface area contributed by atoms with Crippen LogP contribution in [0.4, 0.5) is 13.2 Å². The summed E-state index contributed by atoms with van der Waals surface area (Å²) in [5.74, 6) is 0. The zero-order valence-corrected chi connectivity index (χ0v) is 12.2. The topological polar surface area (TPSA) is 29.9 Å². The van der Waals surface area contributed by atoms with Gasteiger partial charge in [0, 0.05) is 31.4 Å². The lowest BCUT2D eigenvalue weighted by Crippen LogP contribution is -2.18. The maximum atomic E-state index is 12.5. The molecule has 1 heterocycles. The first kappa shape index (κ1) is 15.6. The summed E-state index contributed by atoms with van der Waals surface area (Å²) in [5, 5.41) is 7.55. The Morgan fingerprint density at radius 1 is 1.24 bits per heavy atom. The van der Waals surface area contributed by atoms with Gasteiger partial charge < -0.3 is 5.32 Å². The van der Waals surface area contributed by atoms with Crippen LogP contribution in [0.3, 0.4) is 0 Å². The van der Waals surface area contributed by atoms with E-state index in [4.69, 9.17) is 0 Å². The summed E-state index contributed by atoms with van der Waals surface area (Å²) >= 11 is 0. The Balaban J connectivity index is 2.00. The average Bonchev–Trinajstić information content (AvgIpc) is 2.73. The van der Waals surface area contributed by atoms with E-state index < -0.39 is 11.7 Å². The van der Waals surface area contributed by atoms with E-state index in [1.807, 2.05) is 27.1 Å². The maximum Gasteiger partial charge on any atom is 0.416 e. The van der Waals surface area contributed by atoms with E-state index in [2.05, 4.69) is 10.4 Å². The first-order chi connectivity index (χ1) is 9.77. The second-order valence-corrected chi connectivity index (χ2v) is 5.14. The van der Waals surface area contributed by atoms with Crippen LogP contribution in [0.25, 0.3) is 0 Å². The zero-order chi connectivity index (χ0) is 15.6. The second-order valence-electron chi connectivity index (χ2n) is 5.14. The molecular weight excluding hydrogens is 279 g/mol. The fourth-order valence-electron chi connectivity index (χ4n) is 2.16. The van der Waals surface area contributed by atoms with Gasteiger partial charge in [0.1, 0.15) is 0 Å². The van der Waals surface area contributed by atoms with Gasteiger partial charge in [0.25, 0.3) is 0 Å². The molecular formula is C15H18F3N3. The summed E-state index contributed by atoms with van der Waals surface area (Å²) < 4.78 is 39.3. The van der Waals surface area contributed by atoms with Gasteiger partial charge in [-0.3, -0.25) is 4.68 Å². The molecule has 0 aliphatic rings. The molecule has 2 rings (SSSR count). The summed E-state index contributed by atoms with van der Waals surface area (Å²) in [7, 11) is 1.86. The van der Waals surface area contributed by atoms with Crippen molar-refractivity contribution in [2.75, 3.05) is 0 Å². The van der Waals surface area contributed by atoms with E-state index in [0.717, 1.165) is 29.0 Å². The van der Waals surface area contributed by atoms with Gasteiger partial charge in [-0.2, -0.15) is 18.3 Å². The minimum Gasteiger partial charge on any atom is -0.306 e. The lowest BCUT2D eigenvalue weighted by molar-refractivity contribution is -0.137. The molecule has 1 atom stereocenters. The van der Waals surface area contributed by atoms with Crippen LogP contribution in [0.2, 0.25) is 0 Å². The summed E-state index contributed by atoms with van der Waals surface area (Å²) in [6.07, 6.45) is -2.36. The molecule has 0 aliphatic carbocycles. The number of halogens is 3. The van der Waals surface area contributed by atoms with Crippen molar-refractivity contribution in [3.63, 3.8) is 0 Å². The normalized spacial score (nSPS) is 13.4. The number of rotatable bonds is 4. The van der Waals surface area contributed by atoms with Gasteiger partial charge in [0.15, 0.2) is 0 Å². The standard InChI is InChI=1S/C15H18F3N3/c1-10(19-8-13-9-21(3)20-11(13)2)12-4-6-14(7-5-12)15(16,17)18/h4-7,9-10,19H,8H2,1-3H3. The molecule has 0 bridgehead atoms. The highest BCUT2D eigenvalue weighted by molar-refractivity contribution is 5.26. The van der Waals surface area contributed by atoms with Crippen LogP contribution >= 0.6 is 0 Å². The van der Waals surface area contributed by atoms with E-state index in [1.165, 1.54) is 12.1 Å². The highest BCUT2D eigenvalue weighted by Crippen LogP contribution is 2.29. The van der Waals surface area contributed by atoms with Crippen molar-refractivity contribution in [2.45, 2.75) is 32.6 Å². The smallest absolute Gasteiger partial charge is 0.306 e. The van der Waals surface area contributed by atoms with Crippen molar-refractivity contribution < 1.29 is 13.2 Å². The number of alkyl halides is 3. The highest BCUT2D eigenvalue weighted by Gasteiger charge is 2.30. The van der Waals surface area contributed by atoms with Gasteiger partial charge in [-0.25, -0.2) is 0 Å². The van der Waals surface area contributed by atoms with E-state index in [-0.39, 0.29) is 6.04 Å². The first-order valence-corrected chi connectivity index (χ1v) is 6.67. The van der Waals surface area contributed by atoms with Gasteiger partial charge in [-0.1, -0.05) is 12.1 Å². The van der Waals surface area contributed by atoms with Gasteiger partial charge in [-0.05, 0) is 31.5 Å². The fraction of sp³-hybridized carbons (Fsp3) is 0.400. The molecule has 1 unspecified atom stereocenters. The monoisotopic (exact) mass is 297 g/mol. The molecule has 0 fully saturated rings. The third kappa shape index (κ3) is 3.85. The number of hydrogen-bond donors (Lipinski definition) is 1. The summed E-state index contributed by atoms with van der Waals surface area (Å²) in [6, 6.07) is 5.21. The van der Waals surface area contributed by atoms with Crippen molar-refractivity contribution in [3.05, 3.63) is 52.8 Å². The Bertz CT molecular complexity index is 600. The lowest BCUT2D eigenvalue weighted by atomic mass is 10.1. The lowest BCUT2D eigenvalue weighted by Gasteiger charge is -2.15. The third-order valence-electron chi connectivity index (χ3n) is 3.45. The maximum absolute atomic E-state index is 12.5. The molecule has 21 heavy (non-hydrogen) atoms. The van der Waals surface area contributed by atoms with Crippen LogP contribution in [-0.2, 0) is 19.8 Å². The molecule has 1 N–H and O–H groups in total. The van der Waals surface area contributed by atoms with Gasteiger partial charge in [0.05, 0.1) is 11.3 Å². The molecule has 1 aromatic heterocycles. The summed E-state index contributed by atoms with van der Waals surface area (Å²) in [5.41, 5.74) is 2.23. The molecule has 1 aromatic carbocycles. The summed E-state index contributed by atoms with van der Waals surface area (Å²) in [4.78, 5) is 0. The quantitative estimate of drug-likeness (QED) is 0.934. The molecule has 0 radical (unpaired) electrons. The minimum atomic E-state index is -4.29. The number of nitrogens with zero attached hydrogens (tertiary/aromatic N) is 2. The molecule has 3 nitrogen and oxygen atoms in total. The number of aromatic nitrogens is 2. The van der Waals surface area contributed by atoms with Crippen LogP contribution in [0.1, 0.15) is 35.3 Å². The Morgan fingerprint density at radius 2 is 1.86 bits per heavy atom. The first-order valence-electron chi connectivity index (χ1n) is 6.67. The molecule has 0 amide bonds. The molecule has 0 aliphatic heterocycles. The van der Waals surface area contributed by atoms with E-state index in [1.54, 1.807) is 4.68 Å². The van der Waals surface area contributed by atoms with Crippen LogP contribution in [-0.4, -0.2) is 9.78 Å². The number of hydrogen-bond acceptors (Lipinski definition) is 2. The van der Waals surface area contributed by atoms with E-state index in [0.29, 0.717) is 6.54 Å². The highest BCUT2D eigenvalue weighted by atomic mass is 19.4. The van der Waals surface area contributed by atoms with E-state index in [9.17, 15) is 13.2 Å². The Morgan fingerprint density at radius 3 is 2.33 bits per heavy atom. The van der Waals surface area contributed by atoms with Crippen molar-refractivity contribution in [1.29, 1.82) is 0 Å². The molecule has 6 heteroatoms. The minimum absolute atomic E-state index is 0.0353. The zero-order valence-electron chi connectivity index (χ0n) is 12.2. The second kappa shape index (κ2) is 5.89. The largest absolute Gasteiger partial charge is 0.416 e. The number of aryl methyl sites for hydroxylation is 2. The van der Waals surface area contributed by atoms with Crippen LogP contribution < -0.4 is 5.32 Å². The van der Waals surface area contributed by atoms with Crippen molar-refractivity contribution in [1.82, 2.24) is 15.1 Å². The van der Waals surface area contributed by atoms with Gasteiger partial charge in [-0.15, -0.1) is 0 Å². The van der Waals surface area contributed by atoms with Crippen LogP contribution in [0.15, 0.2) is 30.5 Å². The predicted molar refractivity (Wildman–Crippen MR) is 74.6 cm³/mol. The van der Waals surface area contributed by atoms with Crippen molar-refractivity contribution in [3.8, 4) is 0 Å². The number of nitrogens with one attached hydrogen (secondary N) is 1. The number of benzene rings is 1. The molecule has 0 spiro atoms. The molecule has 0 saturated carbocycles. The Hall–Kier alpha value is -1.82. The summed E-state index contributed by atoms with van der Waals surface area (Å²) in [6.45, 7) is 4.48. The third-order valence-corrected chi connectivity index (χ3v) is 3.45. The Labute approximate surface area is 121 Å². The average molecular weight is 297 g/mol. The van der Waals surface area contributed by atoms with Gasteiger partial charge in [0.2, 0.25) is 0 Å². The van der Waals surface area contributed by atoms with Crippen LogP contribution in [0, 0.1) is 6.92 Å².